The van der Waals surface area contributed by atoms with Crippen LogP contribution < -0.4 is 15.7 Å². The maximum Gasteiger partial charge on any atom is 0.407 e. The van der Waals surface area contributed by atoms with Crippen molar-refractivity contribution in [2.75, 3.05) is 40.5 Å². The Bertz CT molecular complexity index is 1350. The van der Waals surface area contributed by atoms with Crippen LogP contribution in [0.3, 0.4) is 0 Å². The number of ether oxygens (including phenoxy) is 4. The van der Waals surface area contributed by atoms with E-state index in [9.17, 15) is 9.59 Å². The lowest BCUT2D eigenvalue weighted by Crippen LogP contribution is -2.67. The number of hydrogen-bond donors (Lipinski definition) is 1. The Labute approximate surface area is 294 Å². The molecule has 268 valence electrons. The molecule has 49 heavy (non-hydrogen) atoms. The van der Waals surface area contributed by atoms with Crippen LogP contribution in [-0.2, 0) is 34.8 Å². The van der Waals surface area contributed by atoms with Gasteiger partial charge in [0.2, 0.25) is 5.91 Å². The molecule has 0 spiro atoms. The number of nitrogens with zero attached hydrogens (tertiary/aromatic N) is 1. The summed E-state index contributed by atoms with van der Waals surface area (Å²) in [7, 11) is 0.179. The maximum atomic E-state index is 14.1. The normalized spacial score (nSPS) is 12.8. The topological polar surface area (TPSA) is 95.6 Å². The lowest BCUT2D eigenvalue weighted by Gasteiger charge is -2.45. The largest absolute Gasteiger partial charge is 0.444 e. The molecule has 0 aliphatic heterocycles. The zero-order valence-electron chi connectivity index (χ0n) is 30.6. The SMILES string of the molecule is COC(CN(C(=O)CCNC(=O)OC(C)(C)C)[C@@H](CCOCc1ccccc1)CO[Si](c1ccccc1)(c1ccccc1)C(C)(C)C)OC. The molecule has 0 aromatic heterocycles. The molecule has 0 aliphatic carbocycles. The zero-order chi connectivity index (χ0) is 35.9. The number of amides is 2. The Kier molecular flexibility index (Phi) is 15.5. The van der Waals surface area contributed by atoms with E-state index < -0.39 is 26.3 Å². The molecule has 3 rings (SSSR count). The summed E-state index contributed by atoms with van der Waals surface area (Å²) in [4.78, 5) is 28.2. The number of carbonyl (C=O) groups excluding carboxylic acids is 2. The van der Waals surface area contributed by atoms with E-state index in [2.05, 4.69) is 74.6 Å². The van der Waals surface area contributed by atoms with Crippen molar-refractivity contribution in [3.05, 3.63) is 96.6 Å². The molecule has 0 saturated carbocycles. The molecule has 3 aromatic carbocycles. The van der Waals surface area contributed by atoms with Crippen LogP contribution in [0.25, 0.3) is 0 Å². The van der Waals surface area contributed by atoms with Gasteiger partial charge in [0, 0.05) is 33.8 Å². The van der Waals surface area contributed by atoms with Crippen LogP contribution in [-0.4, -0.2) is 83.7 Å². The van der Waals surface area contributed by atoms with E-state index in [1.807, 2.05) is 42.5 Å². The fourth-order valence-corrected chi connectivity index (χ4v) is 10.5. The van der Waals surface area contributed by atoms with Crippen molar-refractivity contribution in [3.63, 3.8) is 0 Å². The molecule has 10 heteroatoms. The number of rotatable bonds is 18. The van der Waals surface area contributed by atoms with Crippen LogP contribution in [0.5, 0.6) is 0 Å². The van der Waals surface area contributed by atoms with Crippen molar-refractivity contribution in [1.29, 1.82) is 0 Å². The molecule has 0 heterocycles. The number of alkyl carbamates (subject to hydrolysis) is 1. The Hall–Kier alpha value is -3.54. The second kappa shape index (κ2) is 19.0. The lowest BCUT2D eigenvalue weighted by atomic mass is 10.1. The molecular formula is C39H56N2O7Si. The highest BCUT2D eigenvalue weighted by Gasteiger charge is 2.50. The summed E-state index contributed by atoms with van der Waals surface area (Å²) in [5.41, 5.74) is 0.426. The molecule has 0 radical (unpaired) electrons. The van der Waals surface area contributed by atoms with Crippen LogP contribution in [0.1, 0.15) is 59.9 Å². The van der Waals surface area contributed by atoms with Crippen molar-refractivity contribution < 1.29 is 33.0 Å². The number of methoxy groups -OCH3 is 2. The first kappa shape index (κ1) is 39.9. The van der Waals surface area contributed by atoms with Gasteiger partial charge in [-0.1, -0.05) is 112 Å². The molecule has 0 unspecified atom stereocenters. The van der Waals surface area contributed by atoms with Gasteiger partial charge in [0.25, 0.3) is 8.32 Å². The maximum absolute atomic E-state index is 14.1. The van der Waals surface area contributed by atoms with Crippen molar-refractivity contribution in [2.24, 2.45) is 0 Å². The van der Waals surface area contributed by atoms with Crippen LogP contribution in [0.15, 0.2) is 91.0 Å². The van der Waals surface area contributed by atoms with E-state index in [-0.39, 0.29) is 43.1 Å². The predicted molar refractivity (Wildman–Crippen MR) is 196 cm³/mol. The highest BCUT2D eigenvalue weighted by molar-refractivity contribution is 6.99. The third kappa shape index (κ3) is 12.1. The summed E-state index contributed by atoms with van der Waals surface area (Å²) in [6.07, 6.45) is -0.668. The molecule has 1 N–H and O–H groups in total. The summed E-state index contributed by atoms with van der Waals surface area (Å²) < 4.78 is 30.0. The minimum atomic E-state index is -2.93. The first-order chi connectivity index (χ1) is 23.3. The summed E-state index contributed by atoms with van der Waals surface area (Å²) in [6, 6.07) is 30.5. The Morgan fingerprint density at radius 3 is 1.82 bits per heavy atom. The molecule has 0 bridgehead atoms. The van der Waals surface area contributed by atoms with Gasteiger partial charge in [-0.05, 0) is 48.2 Å². The number of carbonyl (C=O) groups is 2. The van der Waals surface area contributed by atoms with Gasteiger partial charge >= 0.3 is 6.09 Å². The van der Waals surface area contributed by atoms with Gasteiger partial charge in [0.15, 0.2) is 6.29 Å². The predicted octanol–water partition coefficient (Wildman–Crippen LogP) is 5.90. The lowest BCUT2D eigenvalue weighted by molar-refractivity contribution is -0.151. The minimum absolute atomic E-state index is 0.0555. The van der Waals surface area contributed by atoms with E-state index in [4.69, 9.17) is 23.4 Å². The monoisotopic (exact) mass is 692 g/mol. The average molecular weight is 693 g/mol. The quantitative estimate of drug-likeness (QED) is 0.101. The van der Waals surface area contributed by atoms with Crippen LogP contribution in [0, 0.1) is 0 Å². The van der Waals surface area contributed by atoms with Crippen molar-refractivity contribution in [2.45, 2.75) is 84.0 Å². The molecule has 2 amide bonds. The standard InChI is InChI=1S/C39H56N2O7Si/c1-38(2,3)48-37(43)40-26-24-35(42)41(28-36(44-7)45-8)32(25-27-46-29-31-18-12-9-13-19-31)30-47-49(39(4,5)6,33-20-14-10-15-21-33)34-22-16-11-17-23-34/h9-23,32,36H,24-30H2,1-8H3,(H,40,43)/t32-/m0/s1. The van der Waals surface area contributed by atoms with Crippen molar-refractivity contribution >= 4 is 30.7 Å². The van der Waals surface area contributed by atoms with Gasteiger partial charge in [-0.3, -0.25) is 4.79 Å². The molecule has 0 saturated heterocycles. The third-order valence-corrected chi connectivity index (χ3v) is 13.3. The third-order valence-electron chi connectivity index (χ3n) is 8.26. The fraction of sp³-hybridized carbons (Fsp3) is 0.487. The number of hydrogen-bond acceptors (Lipinski definition) is 7. The highest BCUT2D eigenvalue weighted by Crippen LogP contribution is 2.37. The van der Waals surface area contributed by atoms with Crippen molar-refractivity contribution in [3.8, 4) is 0 Å². The van der Waals surface area contributed by atoms with E-state index in [0.29, 0.717) is 19.6 Å². The first-order valence-corrected chi connectivity index (χ1v) is 18.9. The van der Waals surface area contributed by atoms with Crippen molar-refractivity contribution in [1.82, 2.24) is 10.2 Å². The summed E-state index contributed by atoms with van der Waals surface area (Å²) in [6.45, 7) is 13.5. The fourth-order valence-electron chi connectivity index (χ4n) is 5.89. The highest BCUT2D eigenvalue weighted by atomic mass is 28.4. The van der Waals surface area contributed by atoms with E-state index in [1.54, 1.807) is 39.9 Å². The van der Waals surface area contributed by atoms with E-state index in [0.717, 1.165) is 15.9 Å². The van der Waals surface area contributed by atoms with Crippen LogP contribution >= 0.6 is 0 Å². The summed E-state index contributed by atoms with van der Waals surface area (Å²) in [5.74, 6) is -0.172. The minimum Gasteiger partial charge on any atom is -0.444 e. The number of benzene rings is 3. The van der Waals surface area contributed by atoms with Gasteiger partial charge < -0.3 is 33.6 Å². The van der Waals surface area contributed by atoms with Gasteiger partial charge in [-0.25, -0.2) is 4.79 Å². The average Bonchev–Trinajstić information content (AvgIpc) is 3.06. The first-order valence-electron chi connectivity index (χ1n) is 17.0. The smallest absolute Gasteiger partial charge is 0.407 e. The second-order valence-electron chi connectivity index (χ2n) is 14.1. The van der Waals surface area contributed by atoms with Crippen LogP contribution in [0.2, 0.25) is 5.04 Å². The molecule has 0 aliphatic rings. The molecular weight excluding hydrogens is 637 g/mol. The van der Waals surface area contributed by atoms with Gasteiger partial charge in [0.1, 0.15) is 5.60 Å². The zero-order valence-corrected chi connectivity index (χ0v) is 31.6. The van der Waals surface area contributed by atoms with E-state index in [1.165, 1.54) is 0 Å². The molecule has 3 aromatic rings. The van der Waals surface area contributed by atoms with Gasteiger partial charge in [-0.15, -0.1) is 0 Å². The molecule has 1 atom stereocenters. The number of nitrogens with one attached hydrogen (secondary N) is 1. The van der Waals surface area contributed by atoms with E-state index >= 15 is 0 Å². The Balaban J connectivity index is 1.96. The van der Waals surface area contributed by atoms with Gasteiger partial charge in [-0.2, -0.15) is 0 Å². The Morgan fingerprint density at radius 1 is 0.796 bits per heavy atom. The summed E-state index contributed by atoms with van der Waals surface area (Å²) in [5, 5.41) is 4.77. The molecule has 0 fully saturated rings. The van der Waals surface area contributed by atoms with Gasteiger partial charge in [0.05, 0.1) is 25.8 Å². The molecule has 9 nitrogen and oxygen atoms in total. The second-order valence-corrected chi connectivity index (χ2v) is 18.4. The summed E-state index contributed by atoms with van der Waals surface area (Å²) >= 11 is 0. The Morgan fingerprint density at radius 2 is 1.33 bits per heavy atom. The van der Waals surface area contributed by atoms with Crippen LogP contribution in [0.4, 0.5) is 4.79 Å².